The lowest BCUT2D eigenvalue weighted by Gasteiger charge is -2.38. The van der Waals surface area contributed by atoms with Crippen molar-refractivity contribution >= 4 is 12.0 Å². The minimum absolute atomic E-state index is 0.159. The highest BCUT2D eigenvalue weighted by atomic mass is 16.6. The highest BCUT2D eigenvalue weighted by Crippen LogP contribution is 2.49. The van der Waals surface area contributed by atoms with Gasteiger partial charge in [0.2, 0.25) is 0 Å². The Kier molecular flexibility index (Phi) is 2.92. The van der Waals surface area contributed by atoms with Crippen molar-refractivity contribution in [2.45, 2.75) is 45.3 Å². The minimum Gasteiger partial charge on any atom is -0.444 e. The number of likely N-dealkylation sites (tertiary alicyclic amines) is 1. The third-order valence-electron chi connectivity index (χ3n) is 4.13. The lowest BCUT2D eigenvalue weighted by Crippen LogP contribution is -2.57. The van der Waals surface area contributed by atoms with E-state index in [1.165, 1.54) is 4.90 Å². The Labute approximate surface area is 114 Å². The number of hydrogen-bond acceptors (Lipinski definition) is 3. The van der Waals surface area contributed by atoms with E-state index >= 15 is 0 Å². The summed E-state index contributed by atoms with van der Waals surface area (Å²) in [5, 5.41) is 2.84. The topological polar surface area (TPSA) is 58.6 Å². The second-order valence-electron chi connectivity index (χ2n) is 6.60. The second kappa shape index (κ2) is 3.99. The molecular formula is C14H22N2O3. The lowest BCUT2D eigenvalue weighted by molar-refractivity contribution is -0.127. The molecule has 2 rings (SSSR count). The van der Waals surface area contributed by atoms with E-state index in [9.17, 15) is 9.59 Å². The number of carbonyl (C=O) groups excluding carboxylic acids is 2. The van der Waals surface area contributed by atoms with Gasteiger partial charge in [0.25, 0.3) is 5.91 Å². The maximum absolute atomic E-state index is 12.3. The molecule has 0 aromatic heterocycles. The molecular weight excluding hydrogens is 244 g/mol. The maximum Gasteiger partial charge on any atom is 0.411 e. The van der Waals surface area contributed by atoms with Crippen LogP contribution in [-0.4, -0.2) is 41.1 Å². The smallest absolute Gasteiger partial charge is 0.411 e. The predicted octanol–water partition coefficient (Wildman–Crippen LogP) is 1.69. The normalized spacial score (nSPS) is 33.9. The summed E-state index contributed by atoms with van der Waals surface area (Å²) < 4.78 is 5.41. The van der Waals surface area contributed by atoms with Gasteiger partial charge in [0.15, 0.2) is 0 Å². The van der Waals surface area contributed by atoms with Gasteiger partial charge in [-0.05, 0) is 27.2 Å². The van der Waals surface area contributed by atoms with Crippen LogP contribution >= 0.6 is 0 Å². The molecule has 106 valence electrons. The highest BCUT2D eigenvalue weighted by molar-refractivity contribution is 5.96. The van der Waals surface area contributed by atoms with Crippen LogP contribution in [-0.2, 0) is 9.53 Å². The standard InChI is InChI=1S/C14H22N2O3/c1-6-14-10(17)15-9-13(14,5)7-8-16(14)11(18)19-12(2,3)4/h6H,1,7-9H2,2-5H3,(H,15,17)/t13-,14+/m0/s1. The predicted molar refractivity (Wildman–Crippen MR) is 71.6 cm³/mol. The Bertz CT molecular complexity index is 440. The molecule has 2 amide bonds. The molecule has 5 nitrogen and oxygen atoms in total. The van der Waals surface area contributed by atoms with E-state index in [0.717, 1.165) is 6.42 Å². The van der Waals surface area contributed by atoms with Gasteiger partial charge >= 0.3 is 6.09 Å². The number of amides is 2. The van der Waals surface area contributed by atoms with Crippen LogP contribution in [0.5, 0.6) is 0 Å². The van der Waals surface area contributed by atoms with Crippen molar-refractivity contribution in [2.75, 3.05) is 13.1 Å². The molecule has 2 atom stereocenters. The zero-order valence-corrected chi connectivity index (χ0v) is 12.1. The van der Waals surface area contributed by atoms with Crippen molar-refractivity contribution < 1.29 is 14.3 Å². The van der Waals surface area contributed by atoms with Crippen LogP contribution < -0.4 is 5.32 Å². The van der Waals surface area contributed by atoms with Gasteiger partial charge in [0, 0.05) is 18.5 Å². The van der Waals surface area contributed by atoms with E-state index < -0.39 is 17.2 Å². The molecule has 2 heterocycles. The van der Waals surface area contributed by atoms with Gasteiger partial charge in [-0.25, -0.2) is 4.79 Å². The zero-order valence-electron chi connectivity index (χ0n) is 12.1. The molecule has 0 aliphatic carbocycles. The average molecular weight is 266 g/mol. The van der Waals surface area contributed by atoms with Crippen molar-refractivity contribution in [3.63, 3.8) is 0 Å². The van der Waals surface area contributed by atoms with E-state index in [2.05, 4.69) is 11.9 Å². The van der Waals surface area contributed by atoms with Gasteiger partial charge in [0.1, 0.15) is 11.1 Å². The quantitative estimate of drug-likeness (QED) is 0.735. The fraction of sp³-hybridized carbons (Fsp3) is 0.714. The summed E-state index contributed by atoms with van der Waals surface area (Å²) >= 11 is 0. The van der Waals surface area contributed by atoms with E-state index in [-0.39, 0.29) is 11.3 Å². The van der Waals surface area contributed by atoms with Crippen LogP contribution in [0, 0.1) is 5.41 Å². The largest absolute Gasteiger partial charge is 0.444 e. The summed E-state index contributed by atoms with van der Waals surface area (Å²) in [7, 11) is 0. The summed E-state index contributed by atoms with van der Waals surface area (Å²) in [6.07, 6.45) is 1.90. The third kappa shape index (κ3) is 1.83. The van der Waals surface area contributed by atoms with Crippen molar-refractivity contribution in [3.05, 3.63) is 12.7 Å². The molecule has 5 heteroatoms. The fourth-order valence-corrected chi connectivity index (χ4v) is 3.08. The molecule has 0 spiro atoms. The van der Waals surface area contributed by atoms with Crippen LogP contribution in [0.2, 0.25) is 0 Å². The number of nitrogens with zero attached hydrogens (tertiary/aromatic N) is 1. The molecule has 2 fully saturated rings. The molecule has 0 aromatic carbocycles. The molecule has 0 aromatic rings. The molecule has 19 heavy (non-hydrogen) atoms. The number of nitrogens with one attached hydrogen (secondary N) is 1. The number of hydrogen-bond donors (Lipinski definition) is 1. The monoisotopic (exact) mass is 266 g/mol. The number of fused-ring (bicyclic) bond motifs is 1. The Hall–Kier alpha value is -1.52. The first-order valence-electron chi connectivity index (χ1n) is 6.59. The molecule has 2 saturated heterocycles. The molecule has 0 bridgehead atoms. The second-order valence-corrected chi connectivity index (χ2v) is 6.60. The van der Waals surface area contributed by atoms with Crippen molar-refractivity contribution in [1.82, 2.24) is 10.2 Å². The summed E-state index contributed by atoms with van der Waals surface area (Å²) in [6.45, 7) is 12.3. The minimum atomic E-state index is -0.977. The number of ether oxygens (including phenoxy) is 1. The van der Waals surface area contributed by atoms with Crippen LogP contribution in [0.3, 0.4) is 0 Å². The van der Waals surface area contributed by atoms with E-state index in [1.807, 2.05) is 27.7 Å². The average Bonchev–Trinajstić information content (AvgIpc) is 2.70. The summed E-state index contributed by atoms with van der Waals surface area (Å²) in [4.78, 5) is 26.1. The van der Waals surface area contributed by atoms with Crippen molar-refractivity contribution in [2.24, 2.45) is 5.41 Å². The first kappa shape index (κ1) is 13.9. The molecule has 2 aliphatic rings. The number of rotatable bonds is 1. The van der Waals surface area contributed by atoms with Gasteiger partial charge in [0.05, 0.1) is 0 Å². The van der Waals surface area contributed by atoms with Crippen LogP contribution in [0.1, 0.15) is 34.1 Å². The molecule has 1 N–H and O–H groups in total. The fourth-order valence-electron chi connectivity index (χ4n) is 3.08. The van der Waals surface area contributed by atoms with Crippen molar-refractivity contribution in [1.29, 1.82) is 0 Å². The zero-order chi connectivity index (χ0) is 14.5. The Morgan fingerprint density at radius 3 is 2.68 bits per heavy atom. The first-order chi connectivity index (χ1) is 8.66. The van der Waals surface area contributed by atoms with Crippen LogP contribution in [0.25, 0.3) is 0 Å². The van der Waals surface area contributed by atoms with Crippen molar-refractivity contribution in [3.8, 4) is 0 Å². The van der Waals surface area contributed by atoms with Gasteiger partial charge in [-0.2, -0.15) is 0 Å². The SMILES string of the molecule is C=C[C@@]12C(=O)NC[C@]1(C)CCN2C(=O)OC(C)(C)C. The number of carbonyl (C=O) groups is 2. The lowest BCUT2D eigenvalue weighted by atomic mass is 9.74. The molecule has 0 radical (unpaired) electrons. The maximum atomic E-state index is 12.3. The Morgan fingerprint density at radius 1 is 1.53 bits per heavy atom. The van der Waals surface area contributed by atoms with Gasteiger partial charge in [-0.15, -0.1) is 6.58 Å². The van der Waals surface area contributed by atoms with Crippen LogP contribution in [0.15, 0.2) is 12.7 Å². The van der Waals surface area contributed by atoms with Gasteiger partial charge < -0.3 is 10.1 Å². The molecule has 0 unspecified atom stereocenters. The summed E-state index contributed by atoms with van der Waals surface area (Å²) in [6, 6.07) is 0. The Morgan fingerprint density at radius 2 is 2.16 bits per heavy atom. The summed E-state index contributed by atoms with van der Waals surface area (Å²) in [5.74, 6) is -0.159. The molecule has 0 saturated carbocycles. The first-order valence-corrected chi connectivity index (χ1v) is 6.59. The van der Waals surface area contributed by atoms with Crippen LogP contribution in [0.4, 0.5) is 4.79 Å². The highest BCUT2D eigenvalue weighted by Gasteiger charge is 2.65. The third-order valence-corrected chi connectivity index (χ3v) is 4.13. The van der Waals surface area contributed by atoms with E-state index in [1.54, 1.807) is 6.08 Å². The van der Waals surface area contributed by atoms with E-state index in [0.29, 0.717) is 13.1 Å². The van der Waals surface area contributed by atoms with Gasteiger partial charge in [-0.1, -0.05) is 13.0 Å². The summed E-state index contributed by atoms with van der Waals surface area (Å²) in [5.41, 5.74) is -1.86. The molecule has 2 aliphatic heterocycles. The van der Waals surface area contributed by atoms with E-state index in [4.69, 9.17) is 4.74 Å². The Balaban J connectivity index is 2.35. The van der Waals surface area contributed by atoms with Gasteiger partial charge in [-0.3, -0.25) is 9.69 Å².